The highest BCUT2D eigenvalue weighted by Crippen LogP contribution is 2.31. The van der Waals surface area contributed by atoms with Gasteiger partial charge in [-0.15, -0.1) is 0 Å². The average Bonchev–Trinajstić information content (AvgIpc) is 2.15. The quantitative estimate of drug-likeness (QED) is 0.527. The Hall–Kier alpha value is -0.370. The monoisotopic (exact) mass is 127 g/mol. The summed E-state index contributed by atoms with van der Waals surface area (Å²) in [6.45, 7) is 2.04. The Balaban J connectivity index is 2.66. The van der Waals surface area contributed by atoms with Gasteiger partial charge in [0.2, 0.25) is 0 Å². The van der Waals surface area contributed by atoms with Gasteiger partial charge < -0.3 is 10.5 Å². The van der Waals surface area contributed by atoms with Crippen molar-refractivity contribution in [1.82, 2.24) is 0 Å². The Morgan fingerprint density at radius 1 is 1.78 bits per heavy atom. The van der Waals surface area contributed by atoms with Crippen LogP contribution in [0.2, 0.25) is 0 Å². The van der Waals surface area contributed by atoms with E-state index in [-0.39, 0.29) is 0 Å². The molecule has 0 aromatic carbocycles. The first-order valence-corrected chi connectivity index (χ1v) is 3.44. The number of nitrogens with two attached hydrogens (primary N) is 1. The highest BCUT2D eigenvalue weighted by atomic mass is 16.1. The maximum atomic E-state index is 10.4. The summed E-state index contributed by atoms with van der Waals surface area (Å²) in [5.41, 5.74) is 5.25. The number of carbonyl (C=O) groups excluding carboxylic acids is 1. The molecule has 1 fully saturated rings. The van der Waals surface area contributed by atoms with Crippen LogP contribution < -0.4 is 5.73 Å². The summed E-state index contributed by atoms with van der Waals surface area (Å²) in [5.74, 6) is 0.384. The van der Waals surface area contributed by atoms with E-state index in [0.29, 0.717) is 5.92 Å². The number of rotatable bonds is 1. The van der Waals surface area contributed by atoms with Crippen molar-refractivity contribution in [2.75, 3.05) is 0 Å². The van der Waals surface area contributed by atoms with Crippen molar-refractivity contribution in [2.24, 2.45) is 11.7 Å². The molecule has 2 N–H and O–H groups in total. The first-order valence-electron chi connectivity index (χ1n) is 3.44. The van der Waals surface area contributed by atoms with E-state index in [1.807, 2.05) is 6.92 Å². The van der Waals surface area contributed by atoms with Crippen LogP contribution in [0.5, 0.6) is 0 Å². The van der Waals surface area contributed by atoms with Crippen LogP contribution in [0.15, 0.2) is 0 Å². The van der Waals surface area contributed by atoms with Crippen molar-refractivity contribution in [3.8, 4) is 0 Å². The third-order valence-corrected chi connectivity index (χ3v) is 2.38. The molecule has 2 unspecified atom stereocenters. The zero-order valence-corrected chi connectivity index (χ0v) is 5.76. The summed E-state index contributed by atoms with van der Waals surface area (Å²) in [4.78, 5) is 10.4. The van der Waals surface area contributed by atoms with Gasteiger partial charge in [-0.25, -0.2) is 0 Å². The fourth-order valence-corrected chi connectivity index (χ4v) is 1.40. The molecule has 1 saturated carbocycles. The van der Waals surface area contributed by atoms with Crippen molar-refractivity contribution >= 4 is 6.29 Å². The second-order valence-corrected chi connectivity index (χ2v) is 3.02. The summed E-state index contributed by atoms with van der Waals surface area (Å²) in [6.07, 6.45) is 3.99. The summed E-state index contributed by atoms with van der Waals surface area (Å²) >= 11 is 0. The third-order valence-electron chi connectivity index (χ3n) is 2.38. The van der Waals surface area contributed by atoms with Gasteiger partial charge in [-0.1, -0.05) is 13.3 Å². The number of carbonyl (C=O) groups is 1. The van der Waals surface area contributed by atoms with Crippen LogP contribution >= 0.6 is 0 Å². The van der Waals surface area contributed by atoms with Gasteiger partial charge in [0.1, 0.15) is 6.29 Å². The van der Waals surface area contributed by atoms with E-state index < -0.39 is 5.54 Å². The lowest BCUT2D eigenvalue weighted by molar-refractivity contribution is -0.113. The first kappa shape index (κ1) is 6.75. The van der Waals surface area contributed by atoms with Gasteiger partial charge in [-0.3, -0.25) is 0 Å². The van der Waals surface area contributed by atoms with E-state index in [2.05, 4.69) is 0 Å². The van der Waals surface area contributed by atoms with E-state index in [4.69, 9.17) is 5.73 Å². The molecule has 0 bridgehead atoms. The lowest BCUT2D eigenvalue weighted by Crippen LogP contribution is -2.43. The molecule has 0 amide bonds. The van der Waals surface area contributed by atoms with E-state index in [0.717, 1.165) is 25.5 Å². The lowest BCUT2D eigenvalue weighted by Gasteiger charge is -2.20. The van der Waals surface area contributed by atoms with Crippen molar-refractivity contribution < 1.29 is 4.79 Å². The molecule has 2 atom stereocenters. The summed E-state index contributed by atoms with van der Waals surface area (Å²) in [5, 5.41) is 0. The summed E-state index contributed by atoms with van der Waals surface area (Å²) in [6, 6.07) is 0. The highest BCUT2D eigenvalue weighted by Gasteiger charge is 2.35. The maximum Gasteiger partial charge on any atom is 0.140 e. The van der Waals surface area contributed by atoms with Gasteiger partial charge in [0.15, 0.2) is 0 Å². The molecule has 0 aromatic rings. The van der Waals surface area contributed by atoms with E-state index >= 15 is 0 Å². The van der Waals surface area contributed by atoms with Gasteiger partial charge in [0.05, 0.1) is 5.54 Å². The molecule has 1 aliphatic rings. The van der Waals surface area contributed by atoms with E-state index in [9.17, 15) is 4.79 Å². The fraction of sp³-hybridized carbons (Fsp3) is 0.857. The minimum atomic E-state index is -0.486. The molecular formula is C7H13NO. The predicted molar refractivity (Wildman–Crippen MR) is 36.0 cm³/mol. The fourth-order valence-electron chi connectivity index (χ4n) is 1.40. The van der Waals surface area contributed by atoms with Crippen LogP contribution in [0.25, 0.3) is 0 Å². The van der Waals surface area contributed by atoms with Crippen LogP contribution in [0.1, 0.15) is 26.2 Å². The highest BCUT2D eigenvalue weighted by molar-refractivity contribution is 5.64. The van der Waals surface area contributed by atoms with Crippen LogP contribution in [-0.4, -0.2) is 11.8 Å². The van der Waals surface area contributed by atoms with Crippen LogP contribution in [0.3, 0.4) is 0 Å². The molecule has 9 heavy (non-hydrogen) atoms. The Kier molecular flexibility index (Phi) is 1.58. The Morgan fingerprint density at radius 3 is 2.67 bits per heavy atom. The zero-order chi connectivity index (χ0) is 6.91. The third kappa shape index (κ3) is 0.990. The largest absolute Gasteiger partial charge is 0.319 e. The molecule has 1 aliphatic carbocycles. The molecule has 0 spiro atoms. The summed E-state index contributed by atoms with van der Waals surface area (Å²) in [7, 11) is 0. The summed E-state index contributed by atoms with van der Waals surface area (Å²) < 4.78 is 0. The smallest absolute Gasteiger partial charge is 0.140 e. The Morgan fingerprint density at radius 2 is 2.44 bits per heavy atom. The number of aldehydes is 1. The van der Waals surface area contributed by atoms with Crippen molar-refractivity contribution in [3.63, 3.8) is 0 Å². The number of hydrogen-bond donors (Lipinski definition) is 1. The van der Waals surface area contributed by atoms with Gasteiger partial charge in [-0.05, 0) is 18.8 Å². The molecule has 0 aliphatic heterocycles. The van der Waals surface area contributed by atoms with E-state index in [1.54, 1.807) is 0 Å². The van der Waals surface area contributed by atoms with Gasteiger partial charge in [0, 0.05) is 0 Å². The average molecular weight is 127 g/mol. The van der Waals surface area contributed by atoms with Crippen LogP contribution in [-0.2, 0) is 4.79 Å². The van der Waals surface area contributed by atoms with Crippen molar-refractivity contribution in [1.29, 1.82) is 0 Å². The standard InChI is InChI=1S/C7H13NO/c1-6-3-2-4-7(6,8)5-9/h5-6H,2-4,8H2,1H3. The number of hydrogen-bond acceptors (Lipinski definition) is 2. The van der Waals surface area contributed by atoms with Crippen LogP contribution in [0, 0.1) is 5.92 Å². The molecular weight excluding hydrogens is 114 g/mol. The molecule has 2 heteroatoms. The van der Waals surface area contributed by atoms with E-state index in [1.165, 1.54) is 0 Å². The second-order valence-electron chi connectivity index (χ2n) is 3.02. The van der Waals surface area contributed by atoms with Gasteiger partial charge in [0.25, 0.3) is 0 Å². The zero-order valence-electron chi connectivity index (χ0n) is 5.76. The Bertz CT molecular complexity index is 124. The molecule has 0 saturated heterocycles. The SMILES string of the molecule is CC1CCCC1(N)C=O. The molecule has 52 valence electrons. The van der Waals surface area contributed by atoms with Crippen molar-refractivity contribution in [2.45, 2.75) is 31.7 Å². The first-order chi connectivity index (χ1) is 4.19. The molecule has 2 nitrogen and oxygen atoms in total. The van der Waals surface area contributed by atoms with Crippen molar-refractivity contribution in [3.05, 3.63) is 0 Å². The molecule has 0 radical (unpaired) electrons. The van der Waals surface area contributed by atoms with Gasteiger partial charge in [-0.2, -0.15) is 0 Å². The minimum Gasteiger partial charge on any atom is -0.319 e. The minimum absolute atomic E-state index is 0.384. The predicted octanol–water partition coefficient (Wildman–Crippen LogP) is 0.703. The van der Waals surface area contributed by atoms with Gasteiger partial charge >= 0.3 is 0 Å². The topological polar surface area (TPSA) is 43.1 Å². The van der Waals surface area contributed by atoms with Crippen LogP contribution in [0.4, 0.5) is 0 Å². The Labute approximate surface area is 55.4 Å². The second kappa shape index (κ2) is 2.10. The normalized spacial score (nSPS) is 43.1. The molecule has 0 aromatic heterocycles. The molecule has 0 heterocycles. The molecule has 1 rings (SSSR count). The lowest BCUT2D eigenvalue weighted by atomic mass is 9.92. The maximum absolute atomic E-state index is 10.4.